The number of anilines is 1. The summed E-state index contributed by atoms with van der Waals surface area (Å²) in [6, 6.07) is 8.00. The molecule has 108 valence electrons. The molecule has 3 aromatic heterocycles. The van der Waals surface area contributed by atoms with Gasteiger partial charge in [-0.25, -0.2) is 4.98 Å². The largest absolute Gasteiger partial charge is 0.433 e. The quantitative estimate of drug-likeness (QED) is 0.775. The van der Waals surface area contributed by atoms with Crippen molar-refractivity contribution in [1.82, 2.24) is 15.0 Å². The molecule has 0 amide bonds. The number of rotatable bonds is 3. The van der Waals surface area contributed by atoms with Gasteiger partial charge < -0.3 is 10.3 Å². The Morgan fingerprint density at radius 2 is 1.95 bits per heavy atom. The molecule has 0 saturated carbocycles. The molecule has 0 saturated heterocycles. The van der Waals surface area contributed by atoms with Crippen LogP contribution < -0.4 is 5.32 Å². The van der Waals surface area contributed by atoms with E-state index in [4.69, 9.17) is 0 Å². The monoisotopic (exact) mass is 292 g/mol. The molecule has 3 aromatic rings. The average molecular weight is 292 g/mol. The lowest BCUT2D eigenvalue weighted by atomic mass is 10.2. The molecular weight excluding hydrogens is 281 g/mol. The number of hydrogen-bond donors (Lipinski definition) is 2. The van der Waals surface area contributed by atoms with Gasteiger partial charge in [0.1, 0.15) is 17.2 Å². The van der Waals surface area contributed by atoms with E-state index in [9.17, 15) is 13.2 Å². The van der Waals surface area contributed by atoms with Gasteiger partial charge >= 0.3 is 6.18 Å². The lowest BCUT2D eigenvalue weighted by Gasteiger charge is -2.08. The molecule has 0 bridgehead atoms. The van der Waals surface area contributed by atoms with E-state index in [1.54, 1.807) is 6.20 Å². The van der Waals surface area contributed by atoms with Crippen molar-refractivity contribution in [3.8, 4) is 0 Å². The highest BCUT2D eigenvalue weighted by molar-refractivity contribution is 5.77. The fourth-order valence-corrected chi connectivity index (χ4v) is 1.92. The Balaban J connectivity index is 1.69. The summed E-state index contributed by atoms with van der Waals surface area (Å²) < 4.78 is 37.2. The minimum Gasteiger partial charge on any atom is -0.366 e. The highest BCUT2D eigenvalue weighted by atomic mass is 19.4. The van der Waals surface area contributed by atoms with E-state index in [-0.39, 0.29) is 0 Å². The predicted octanol–water partition coefficient (Wildman–Crippen LogP) is 3.59. The second kappa shape index (κ2) is 5.08. The summed E-state index contributed by atoms with van der Waals surface area (Å²) in [4.78, 5) is 10.7. The van der Waals surface area contributed by atoms with Crippen molar-refractivity contribution in [2.24, 2.45) is 0 Å². The first-order valence-corrected chi connectivity index (χ1v) is 6.22. The van der Waals surface area contributed by atoms with Crippen LogP contribution in [0.2, 0.25) is 0 Å². The van der Waals surface area contributed by atoms with E-state index >= 15 is 0 Å². The molecule has 4 nitrogen and oxygen atoms in total. The fraction of sp³-hybridized carbons (Fsp3) is 0.143. The lowest BCUT2D eigenvalue weighted by molar-refractivity contribution is -0.141. The summed E-state index contributed by atoms with van der Waals surface area (Å²) in [5.41, 5.74) is 0.513. The van der Waals surface area contributed by atoms with Crippen molar-refractivity contribution >= 4 is 16.9 Å². The van der Waals surface area contributed by atoms with Crippen LogP contribution in [0.15, 0.2) is 42.7 Å². The standard InChI is InChI=1S/C14H11F3N4/c15-14(16,17)11-3-1-9(7-19-11)8-20-12-4-2-10-5-6-18-13(10)21-12/h1-7H,8H2,(H2,18,20,21). The third-order valence-electron chi connectivity index (χ3n) is 3.00. The number of aromatic nitrogens is 3. The van der Waals surface area contributed by atoms with Crippen molar-refractivity contribution in [2.75, 3.05) is 5.32 Å². The first kappa shape index (κ1) is 13.4. The number of hydrogen-bond acceptors (Lipinski definition) is 3. The topological polar surface area (TPSA) is 53.6 Å². The molecule has 0 aliphatic rings. The average Bonchev–Trinajstić information content (AvgIpc) is 2.92. The van der Waals surface area contributed by atoms with Crippen LogP contribution in [0.1, 0.15) is 11.3 Å². The smallest absolute Gasteiger partial charge is 0.366 e. The third kappa shape index (κ3) is 2.96. The van der Waals surface area contributed by atoms with Crippen molar-refractivity contribution in [1.29, 1.82) is 0 Å². The van der Waals surface area contributed by atoms with Gasteiger partial charge in [0.15, 0.2) is 0 Å². The second-order valence-corrected chi connectivity index (χ2v) is 4.51. The Labute approximate surface area is 118 Å². The maximum absolute atomic E-state index is 12.4. The second-order valence-electron chi connectivity index (χ2n) is 4.51. The van der Waals surface area contributed by atoms with Gasteiger partial charge in [-0.15, -0.1) is 0 Å². The third-order valence-corrected chi connectivity index (χ3v) is 3.00. The molecule has 0 fully saturated rings. The minimum atomic E-state index is -4.41. The summed E-state index contributed by atoms with van der Waals surface area (Å²) in [7, 11) is 0. The van der Waals surface area contributed by atoms with Crippen LogP contribution in [0.4, 0.5) is 19.0 Å². The molecule has 3 heterocycles. The van der Waals surface area contributed by atoms with Gasteiger partial charge in [-0.1, -0.05) is 6.07 Å². The zero-order valence-corrected chi connectivity index (χ0v) is 10.8. The number of nitrogens with zero attached hydrogens (tertiary/aromatic N) is 2. The van der Waals surface area contributed by atoms with Gasteiger partial charge in [0, 0.05) is 24.3 Å². The van der Waals surface area contributed by atoms with Gasteiger partial charge in [0.25, 0.3) is 0 Å². The SMILES string of the molecule is FC(F)(F)c1ccc(CNc2ccc3cc[nH]c3n2)cn1. The normalized spacial score (nSPS) is 11.8. The molecule has 0 atom stereocenters. The fourth-order valence-electron chi connectivity index (χ4n) is 1.92. The van der Waals surface area contributed by atoms with Gasteiger partial charge in [-0.3, -0.25) is 4.98 Å². The first-order valence-electron chi connectivity index (χ1n) is 6.22. The summed E-state index contributed by atoms with van der Waals surface area (Å²) in [5.74, 6) is 0.643. The number of alkyl halides is 3. The van der Waals surface area contributed by atoms with Crippen molar-refractivity contribution in [3.05, 3.63) is 54.0 Å². The van der Waals surface area contributed by atoms with Crippen LogP contribution in [0.25, 0.3) is 11.0 Å². The van der Waals surface area contributed by atoms with Crippen molar-refractivity contribution < 1.29 is 13.2 Å². The molecule has 21 heavy (non-hydrogen) atoms. The first-order chi connectivity index (χ1) is 10.0. The zero-order chi connectivity index (χ0) is 14.9. The Morgan fingerprint density at radius 3 is 2.67 bits per heavy atom. The van der Waals surface area contributed by atoms with Gasteiger partial charge in [0.05, 0.1) is 0 Å². The number of pyridine rings is 2. The Kier molecular flexibility index (Phi) is 3.25. The Bertz CT molecular complexity index is 747. The lowest BCUT2D eigenvalue weighted by Crippen LogP contribution is -2.08. The molecule has 0 spiro atoms. The van der Waals surface area contributed by atoms with Crippen LogP contribution in [-0.4, -0.2) is 15.0 Å². The van der Waals surface area contributed by atoms with Crippen LogP contribution in [0.3, 0.4) is 0 Å². The highest BCUT2D eigenvalue weighted by Crippen LogP contribution is 2.27. The zero-order valence-electron chi connectivity index (χ0n) is 10.8. The molecular formula is C14H11F3N4. The Morgan fingerprint density at radius 1 is 1.10 bits per heavy atom. The summed E-state index contributed by atoms with van der Waals surface area (Å²) in [6.07, 6.45) is -1.41. The Hall–Kier alpha value is -2.57. The van der Waals surface area contributed by atoms with E-state index in [0.717, 1.165) is 17.1 Å². The molecule has 7 heteroatoms. The van der Waals surface area contributed by atoms with Crippen LogP contribution in [-0.2, 0) is 12.7 Å². The molecule has 0 aromatic carbocycles. The van der Waals surface area contributed by atoms with E-state index in [0.29, 0.717) is 17.9 Å². The summed E-state index contributed by atoms with van der Waals surface area (Å²) in [6.45, 7) is 0.352. The van der Waals surface area contributed by atoms with Crippen molar-refractivity contribution in [2.45, 2.75) is 12.7 Å². The van der Waals surface area contributed by atoms with E-state index in [1.807, 2.05) is 18.2 Å². The molecule has 2 N–H and O–H groups in total. The maximum Gasteiger partial charge on any atom is 0.433 e. The summed E-state index contributed by atoms with van der Waals surface area (Å²) >= 11 is 0. The van der Waals surface area contributed by atoms with E-state index in [1.165, 1.54) is 12.3 Å². The molecule has 3 rings (SSSR count). The van der Waals surface area contributed by atoms with Crippen LogP contribution in [0.5, 0.6) is 0 Å². The van der Waals surface area contributed by atoms with Crippen LogP contribution in [0, 0.1) is 0 Å². The van der Waals surface area contributed by atoms with Crippen LogP contribution >= 0.6 is 0 Å². The highest BCUT2D eigenvalue weighted by Gasteiger charge is 2.31. The molecule has 0 radical (unpaired) electrons. The predicted molar refractivity (Wildman–Crippen MR) is 72.7 cm³/mol. The van der Waals surface area contributed by atoms with Gasteiger partial charge in [0.2, 0.25) is 0 Å². The molecule has 0 aliphatic carbocycles. The minimum absolute atomic E-state index is 0.352. The number of nitrogens with one attached hydrogen (secondary N) is 2. The number of fused-ring (bicyclic) bond motifs is 1. The van der Waals surface area contributed by atoms with Crippen molar-refractivity contribution in [3.63, 3.8) is 0 Å². The van der Waals surface area contributed by atoms with E-state index in [2.05, 4.69) is 20.3 Å². The maximum atomic E-state index is 12.4. The van der Waals surface area contributed by atoms with E-state index < -0.39 is 11.9 Å². The molecule has 0 aliphatic heterocycles. The van der Waals surface area contributed by atoms with Gasteiger partial charge in [-0.05, 0) is 29.8 Å². The molecule has 0 unspecified atom stereocenters. The number of aromatic amines is 1. The number of H-pyrrole nitrogens is 1. The number of halogens is 3. The van der Waals surface area contributed by atoms with Gasteiger partial charge in [-0.2, -0.15) is 13.2 Å². The summed E-state index contributed by atoms with van der Waals surface area (Å²) in [5, 5.41) is 4.05.